The van der Waals surface area contributed by atoms with Crippen LogP contribution in [0, 0.1) is 10.1 Å². The molecule has 0 spiro atoms. The number of nitro benzene ring substituents is 1. The maximum Gasteiger partial charge on any atom is 0.270 e. The van der Waals surface area contributed by atoms with Crippen molar-refractivity contribution in [1.82, 2.24) is 0 Å². The van der Waals surface area contributed by atoms with Crippen LogP contribution in [0.2, 0.25) is 0 Å². The lowest BCUT2D eigenvalue weighted by Gasteiger charge is -2.14. The average molecular weight is 339 g/mol. The maximum atomic E-state index is 11.1. The highest BCUT2D eigenvalue weighted by Gasteiger charge is 2.21. The highest BCUT2D eigenvalue weighted by Crippen LogP contribution is 2.33. The van der Waals surface area contributed by atoms with Crippen molar-refractivity contribution in [2.24, 2.45) is 10.2 Å². The Morgan fingerprint density at radius 2 is 1.80 bits per heavy atom. The molecule has 2 aromatic carbocycles. The summed E-state index contributed by atoms with van der Waals surface area (Å²) in [5.74, 6) is 1.19. The lowest BCUT2D eigenvalue weighted by Crippen LogP contribution is -2.08. The monoisotopic (exact) mass is 339 g/mol. The van der Waals surface area contributed by atoms with Gasteiger partial charge in [0.05, 0.1) is 19.1 Å². The first-order chi connectivity index (χ1) is 12.0. The van der Waals surface area contributed by atoms with Crippen molar-refractivity contribution in [3.63, 3.8) is 0 Å². The van der Waals surface area contributed by atoms with E-state index in [0.29, 0.717) is 29.2 Å². The Morgan fingerprint density at radius 1 is 1.08 bits per heavy atom. The van der Waals surface area contributed by atoms with E-state index in [1.807, 2.05) is 19.1 Å². The van der Waals surface area contributed by atoms with Crippen molar-refractivity contribution in [2.45, 2.75) is 13.3 Å². The van der Waals surface area contributed by atoms with E-state index in [2.05, 4.69) is 10.2 Å². The van der Waals surface area contributed by atoms with Gasteiger partial charge in [-0.2, -0.15) is 5.10 Å². The number of fused-ring (bicyclic) bond motifs is 1. The molecule has 128 valence electrons. The van der Waals surface area contributed by atoms with Crippen LogP contribution in [0.5, 0.6) is 11.5 Å². The lowest BCUT2D eigenvalue weighted by molar-refractivity contribution is -0.384. The molecular formula is C18H17N3O4. The first kappa shape index (κ1) is 16.6. The van der Waals surface area contributed by atoms with Crippen molar-refractivity contribution in [3.05, 3.63) is 63.2 Å². The van der Waals surface area contributed by atoms with Gasteiger partial charge >= 0.3 is 0 Å². The molecule has 0 saturated carbocycles. The molecule has 3 rings (SSSR count). The molecule has 1 aliphatic rings. The normalized spacial score (nSPS) is 13.2. The summed E-state index contributed by atoms with van der Waals surface area (Å²) in [7, 11) is 3.14. The standard InChI is InChI=1S/C18H17N3O4/c1-11-7-13-9-16(24-2)17(25-3)10-15(13)18(20-19-11)12-5-4-6-14(8-12)21(22)23/h4-6,8-10H,7H2,1-3H3. The second-order valence-electron chi connectivity index (χ2n) is 5.63. The van der Waals surface area contributed by atoms with Gasteiger partial charge in [-0.25, -0.2) is 0 Å². The Balaban J connectivity index is 2.21. The Morgan fingerprint density at radius 3 is 2.48 bits per heavy atom. The summed E-state index contributed by atoms with van der Waals surface area (Å²) in [6.07, 6.45) is 0.609. The Kier molecular flexibility index (Phi) is 4.47. The van der Waals surface area contributed by atoms with Crippen molar-refractivity contribution >= 4 is 17.1 Å². The molecule has 7 nitrogen and oxygen atoms in total. The van der Waals surface area contributed by atoms with Gasteiger partial charge in [0.25, 0.3) is 5.69 Å². The highest BCUT2D eigenvalue weighted by atomic mass is 16.6. The van der Waals surface area contributed by atoms with Gasteiger partial charge in [0.15, 0.2) is 11.5 Å². The third-order valence-electron chi connectivity index (χ3n) is 3.96. The second-order valence-corrected chi connectivity index (χ2v) is 5.63. The van der Waals surface area contributed by atoms with Gasteiger partial charge in [-0.15, -0.1) is 5.10 Å². The van der Waals surface area contributed by atoms with E-state index in [9.17, 15) is 10.1 Å². The summed E-state index contributed by atoms with van der Waals surface area (Å²) in [5.41, 5.74) is 3.83. The van der Waals surface area contributed by atoms with Gasteiger partial charge in [-0.05, 0) is 24.6 Å². The van der Waals surface area contributed by atoms with E-state index in [1.54, 1.807) is 26.4 Å². The summed E-state index contributed by atoms with van der Waals surface area (Å²) < 4.78 is 10.8. The molecule has 0 saturated heterocycles. The van der Waals surface area contributed by atoms with Crippen LogP contribution in [-0.4, -0.2) is 30.6 Å². The number of hydrogen-bond donors (Lipinski definition) is 0. The van der Waals surface area contributed by atoms with Crippen LogP contribution < -0.4 is 9.47 Å². The van der Waals surface area contributed by atoms with Gasteiger partial charge in [-0.1, -0.05) is 12.1 Å². The largest absolute Gasteiger partial charge is 0.493 e. The predicted molar refractivity (Wildman–Crippen MR) is 95.1 cm³/mol. The number of methoxy groups -OCH3 is 2. The van der Waals surface area contributed by atoms with Gasteiger partial charge in [0.2, 0.25) is 0 Å². The molecule has 0 unspecified atom stereocenters. The van der Waals surface area contributed by atoms with E-state index >= 15 is 0 Å². The van der Waals surface area contributed by atoms with Crippen molar-refractivity contribution in [2.75, 3.05) is 14.2 Å². The molecule has 0 aliphatic carbocycles. The maximum absolute atomic E-state index is 11.1. The third kappa shape index (κ3) is 3.21. The number of ether oxygens (including phenoxy) is 2. The van der Waals surface area contributed by atoms with Gasteiger partial charge < -0.3 is 9.47 Å². The zero-order valence-corrected chi connectivity index (χ0v) is 14.1. The average Bonchev–Trinajstić information content (AvgIpc) is 2.78. The molecule has 0 atom stereocenters. The van der Waals surface area contributed by atoms with Crippen LogP contribution >= 0.6 is 0 Å². The van der Waals surface area contributed by atoms with Crippen LogP contribution in [0.25, 0.3) is 0 Å². The zero-order valence-electron chi connectivity index (χ0n) is 14.1. The van der Waals surface area contributed by atoms with Gasteiger partial charge in [-0.3, -0.25) is 10.1 Å². The van der Waals surface area contributed by atoms with E-state index in [1.165, 1.54) is 12.1 Å². The molecule has 0 amide bonds. The Labute approximate surface area is 144 Å². The summed E-state index contributed by atoms with van der Waals surface area (Å²) >= 11 is 0. The molecule has 0 radical (unpaired) electrons. The molecule has 0 fully saturated rings. The zero-order chi connectivity index (χ0) is 18.0. The summed E-state index contributed by atoms with van der Waals surface area (Å²) in [5, 5.41) is 19.7. The summed E-state index contributed by atoms with van der Waals surface area (Å²) in [4.78, 5) is 10.7. The summed E-state index contributed by atoms with van der Waals surface area (Å²) in [6.45, 7) is 1.89. The minimum Gasteiger partial charge on any atom is -0.493 e. The number of hydrogen-bond acceptors (Lipinski definition) is 6. The minimum atomic E-state index is -0.426. The van der Waals surface area contributed by atoms with Crippen LogP contribution in [0.4, 0.5) is 5.69 Å². The van der Waals surface area contributed by atoms with E-state index in [4.69, 9.17) is 9.47 Å². The smallest absolute Gasteiger partial charge is 0.270 e. The molecule has 1 aliphatic heterocycles. The van der Waals surface area contributed by atoms with Crippen molar-refractivity contribution < 1.29 is 14.4 Å². The first-order valence-corrected chi connectivity index (χ1v) is 7.64. The third-order valence-corrected chi connectivity index (χ3v) is 3.96. The Hall–Kier alpha value is -3.22. The van der Waals surface area contributed by atoms with Crippen molar-refractivity contribution in [3.8, 4) is 11.5 Å². The molecule has 0 aromatic heterocycles. The van der Waals surface area contributed by atoms with E-state index < -0.39 is 4.92 Å². The number of benzene rings is 2. The lowest BCUT2D eigenvalue weighted by atomic mass is 9.94. The Bertz CT molecular complexity index is 903. The van der Waals surface area contributed by atoms with E-state index in [-0.39, 0.29) is 5.69 Å². The second kappa shape index (κ2) is 6.72. The van der Waals surface area contributed by atoms with Crippen LogP contribution in [-0.2, 0) is 6.42 Å². The van der Waals surface area contributed by atoms with Gasteiger partial charge in [0, 0.05) is 35.4 Å². The predicted octanol–water partition coefficient (Wildman–Crippen LogP) is 3.38. The fourth-order valence-corrected chi connectivity index (χ4v) is 2.77. The summed E-state index contributed by atoms with van der Waals surface area (Å²) in [6, 6.07) is 10.1. The number of rotatable bonds is 4. The molecular weight excluding hydrogens is 322 g/mol. The van der Waals surface area contributed by atoms with Crippen LogP contribution in [0.1, 0.15) is 23.6 Å². The molecule has 7 heteroatoms. The minimum absolute atomic E-state index is 0.00664. The highest BCUT2D eigenvalue weighted by molar-refractivity contribution is 6.15. The number of non-ortho nitro benzene ring substituents is 1. The molecule has 25 heavy (non-hydrogen) atoms. The topological polar surface area (TPSA) is 86.3 Å². The van der Waals surface area contributed by atoms with Crippen LogP contribution in [0.15, 0.2) is 46.6 Å². The number of nitrogens with zero attached hydrogens (tertiary/aromatic N) is 3. The van der Waals surface area contributed by atoms with Crippen molar-refractivity contribution in [1.29, 1.82) is 0 Å². The van der Waals surface area contributed by atoms with Crippen LogP contribution in [0.3, 0.4) is 0 Å². The van der Waals surface area contributed by atoms with Gasteiger partial charge in [0.1, 0.15) is 5.71 Å². The number of nitro groups is 1. The fourth-order valence-electron chi connectivity index (χ4n) is 2.77. The molecule has 0 N–H and O–H groups in total. The molecule has 0 bridgehead atoms. The first-order valence-electron chi connectivity index (χ1n) is 7.64. The molecule has 1 heterocycles. The fraction of sp³-hybridized carbons (Fsp3) is 0.222. The molecule has 2 aromatic rings. The van der Waals surface area contributed by atoms with E-state index in [0.717, 1.165) is 16.8 Å². The SMILES string of the molecule is COc1cc2c(cc1OC)C(c1cccc([N+](=O)[O-])c1)=NN=C(C)C2. The quantitative estimate of drug-likeness (QED) is 0.631.